The second-order valence-electron chi connectivity index (χ2n) is 7.09. The summed E-state index contributed by atoms with van der Waals surface area (Å²) in [6.07, 6.45) is 1.38. The average molecular weight is 476 g/mol. The molecule has 34 heavy (non-hydrogen) atoms. The summed E-state index contributed by atoms with van der Waals surface area (Å²) in [4.78, 5) is 24.8. The van der Waals surface area contributed by atoms with Crippen LogP contribution in [-0.4, -0.2) is 25.5 Å². The standard InChI is InChI=1S/C26H22ClN3O4/c1-33-23-10-8-22(9-11-23)30-25(31)17-34-24-12-7-21(27)14-19(24)13-20(15-28)26(32)29-16-18-5-3-2-4-6-18/h2-14H,16-17H2,1H3,(H,29,32)(H,30,31). The molecule has 0 aliphatic heterocycles. The molecule has 0 unspecified atom stereocenters. The Morgan fingerprint density at radius 1 is 1.06 bits per heavy atom. The van der Waals surface area contributed by atoms with Crippen molar-refractivity contribution in [3.8, 4) is 17.6 Å². The van der Waals surface area contributed by atoms with Crippen LogP contribution >= 0.6 is 11.6 Å². The van der Waals surface area contributed by atoms with Crippen LogP contribution in [0.3, 0.4) is 0 Å². The number of anilines is 1. The SMILES string of the molecule is COc1ccc(NC(=O)COc2ccc(Cl)cc2C=C(C#N)C(=O)NCc2ccccc2)cc1. The van der Waals surface area contributed by atoms with E-state index < -0.39 is 5.91 Å². The van der Waals surface area contributed by atoms with Crippen molar-refractivity contribution in [1.82, 2.24) is 5.32 Å². The van der Waals surface area contributed by atoms with E-state index in [9.17, 15) is 14.9 Å². The summed E-state index contributed by atoms with van der Waals surface area (Å²) in [5.41, 5.74) is 1.78. The van der Waals surface area contributed by atoms with Crippen molar-refractivity contribution in [2.45, 2.75) is 6.54 Å². The number of carbonyl (C=O) groups excluding carboxylic acids is 2. The number of hydrogen-bond acceptors (Lipinski definition) is 5. The molecule has 0 aromatic heterocycles. The van der Waals surface area contributed by atoms with Gasteiger partial charge in [-0.05, 0) is 54.1 Å². The first-order valence-electron chi connectivity index (χ1n) is 10.3. The first-order chi connectivity index (χ1) is 16.5. The molecular formula is C26H22ClN3O4. The Balaban J connectivity index is 1.67. The molecule has 0 aliphatic rings. The molecule has 0 atom stereocenters. The van der Waals surface area contributed by atoms with Gasteiger partial charge < -0.3 is 20.1 Å². The number of hydrogen-bond donors (Lipinski definition) is 2. The Morgan fingerprint density at radius 2 is 1.79 bits per heavy atom. The van der Waals surface area contributed by atoms with Crippen LogP contribution in [-0.2, 0) is 16.1 Å². The molecule has 2 amide bonds. The first kappa shape index (κ1) is 24.4. The maximum absolute atomic E-state index is 12.5. The highest BCUT2D eigenvalue weighted by molar-refractivity contribution is 6.30. The molecule has 0 bridgehead atoms. The van der Waals surface area contributed by atoms with Gasteiger partial charge in [-0.2, -0.15) is 5.26 Å². The van der Waals surface area contributed by atoms with Crippen LogP contribution in [0.2, 0.25) is 5.02 Å². The van der Waals surface area contributed by atoms with Gasteiger partial charge in [0.1, 0.15) is 23.1 Å². The van der Waals surface area contributed by atoms with Crippen molar-refractivity contribution < 1.29 is 19.1 Å². The number of benzene rings is 3. The molecule has 2 N–H and O–H groups in total. The van der Waals surface area contributed by atoms with Crippen LogP contribution in [0.1, 0.15) is 11.1 Å². The third-order valence-corrected chi connectivity index (χ3v) is 4.90. The van der Waals surface area contributed by atoms with Gasteiger partial charge in [-0.3, -0.25) is 9.59 Å². The van der Waals surface area contributed by atoms with Crippen molar-refractivity contribution in [2.75, 3.05) is 19.0 Å². The number of nitrogens with one attached hydrogen (secondary N) is 2. The van der Waals surface area contributed by atoms with Crippen LogP contribution in [0.25, 0.3) is 6.08 Å². The lowest BCUT2D eigenvalue weighted by Gasteiger charge is -2.11. The number of nitriles is 1. The summed E-state index contributed by atoms with van der Waals surface area (Å²) < 4.78 is 10.7. The van der Waals surface area contributed by atoms with Crippen LogP contribution in [0, 0.1) is 11.3 Å². The number of carbonyl (C=O) groups is 2. The summed E-state index contributed by atoms with van der Waals surface area (Å²) >= 11 is 6.10. The predicted molar refractivity (Wildman–Crippen MR) is 130 cm³/mol. The Kier molecular flexibility index (Phi) is 8.67. The lowest BCUT2D eigenvalue weighted by atomic mass is 10.1. The minimum Gasteiger partial charge on any atom is -0.497 e. The van der Waals surface area contributed by atoms with Gasteiger partial charge in [0.05, 0.1) is 7.11 Å². The van der Waals surface area contributed by atoms with Gasteiger partial charge in [-0.15, -0.1) is 0 Å². The van der Waals surface area contributed by atoms with E-state index in [4.69, 9.17) is 21.1 Å². The van der Waals surface area contributed by atoms with E-state index in [1.165, 1.54) is 6.08 Å². The molecule has 8 heteroatoms. The lowest BCUT2D eigenvalue weighted by molar-refractivity contribution is -0.118. The highest BCUT2D eigenvalue weighted by Gasteiger charge is 2.13. The van der Waals surface area contributed by atoms with Gasteiger partial charge in [0.15, 0.2) is 6.61 Å². The van der Waals surface area contributed by atoms with Gasteiger partial charge in [-0.25, -0.2) is 0 Å². The van der Waals surface area contributed by atoms with E-state index >= 15 is 0 Å². The minimum atomic E-state index is -0.533. The van der Waals surface area contributed by atoms with Crippen molar-refractivity contribution in [3.05, 3.63) is 94.5 Å². The normalized spacial score (nSPS) is 10.7. The van der Waals surface area contributed by atoms with Crippen LogP contribution < -0.4 is 20.1 Å². The fourth-order valence-electron chi connectivity index (χ4n) is 2.96. The Bertz CT molecular complexity index is 1220. The van der Waals surface area contributed by atoms with Crippen LogP contribution in [0.15, 0.2) is 78.4 Å². The summed E-state index contributed by atoms with van der Waals surface area (Å²) in [5.74, 6) is 0.0662. The fourth-order valence-corrected chi connectivity index (χ4v) is 3.14. The zero-order valence-electron chi connectivity index (χ0n) is 18.4. The topological polar surface area (TPSA) is 100 Å². The lowest BCUT2D eigenvalue weighted by Crippen LogP contribution is -2.24. The molecule has 0 fully saturated rings. The first-order valence-corrected chi connectivity index (χ1v) is 10.7. The second kappa shape index (κ2) is 12.1. The monoisotopic (exact) mass is 475 g/mol. The number of halogens is 1. The molecule has 0 saturated carbocycles. The molecule has 172 valence electrons. The van der Waals surface area contributed by atoms with Crippen molar-refractivity contribution in [3.63, 3.8) is 0 Å². The molecular weight excluding hydrogens is 454 g/mol. The average Bonchev–Trinajstić information content (AvgIpc) is 2.86. The van der Waals surface area contributed by atoms with E-state index in [1.807, 2.05) is 36.4 Å². The number of amides is 2. The maximum atomic E-state index is 12.5. The smallest absolute Gasteiger partial charge is 0.262 e. The largest absolute Gasteiger partial charge is 0.497 e. The van der Waals surface area contributed by atoms with Crippen LogP contribution in [0.4, 0.5) is 5.69 Å². The highest BCUT2D eigenvalue weighted by Crippen LogP contribution is 2.25. The maximum Gasteiger partial charge on any atom is 0.262 e. The Hall–Kier alpha value is -4.28. The van der Waals surface area contributed by atoms with Gasteiger partial charge in [-0.1, -0.05) is 41.9 Å². The minimum absolute atomic E-state index is 0.120. The van der Waals surface area contributed by atoms with Crippen molar-refractivity contribution in [1.29, 1.82) is 5.26 Å². The summed E-state index contributed by atoms with van der Waals surface area (Å²) in [5, 5.41) is 15.3. The van der Waals surface area contributed by atoms with Crippen molar-refractivity contribution >= 4 is 35.2 Å². The second-order valence-corrected chi connectivity index (χ2v) is 7.52. The number of rotatable bonds is 9. The molecule has 0 aliphatic carbocycles. The molecule has 0 heterocycles. The highest BCUT2D eigenvalue weighted by atomic mass is 35.5. The third-order valence-electron chi connectivity index (χ3n) is 4.67. The summed E-state index contributed by atoms with van der Waals surface area (Å²) in [6, 6.07) is 22.8. The predicted octanol–water partition coefficient (Wildman–Crippen LogP) is 4.59. The van der Waals surface area contributed by atoms with E-state index in [-0.39, 0.29) is 24.6 Å². The quantitative estimate of drug-likeness (QED) is 0.348. The fraction of sp³-hybridized carbons (Fsp3) is 0.115. The summed E-state index contributed by atoms with van der Waals surface area (Å²) in [6.45, 7) is -0.000278. The van der Waals surface area contributed by atoms with Gasteiger partial charge >= 0.3 is 0 Å². The van der Waals surface area contributed by atoms with Gasteiger partial charge in [0.2, 0.25) is 0 Å². The zero-order chi connectivity index (χ0) is 24.3. The number of methoxy groups -OCH3 is 1. The Labute approximate surface area is 202 Å². The van der Waals surface area contributed by atoms with Crippen molar-refractivity contribution in [2.24, 2.45) is 0 Å². The molecule has 3 rings (SSSR count). The molecule has 3 aromatic rings. The zero-order valence-corrected chi connectivity index (χ0v) is 19.1. The summed E-state index contributed by atoms with van der Waals surface area (Å²) in [7, 11) is 1.56. The third kappa shape index (κ3) is 7.12. The molecule has 0 radical (unpaired) electrons. The van der Waals surface area contributed by atoms with E-state index in [0.717, 1.165) is 5.56 Å². The number of ether oxygens (including phenoxy) is 2. The Morgan fingerprint density at radius 3 is 2.47 bits per heavy atom. The van der Waals surface area contributed by atoms with Gasteiger partial charge in [0, 0.05) is 22.8 Å². The molecule has 0 saturated heterocycles. The molecule has 3 aromatic carbocycles. The van der Waals surface area contributed by atoms with Gasteiger partial charge in [0.25, 0.3) is 11.8 Å². The molecule has 0 spiro atoms. The number of nitrogens with zero attached hydrogens (tertiary/aromatic N) is 1. The van der Waals surface area contributed by atoms with E-state index in [1.54, 1.807) is 49.6 Å². The van der Waals surface area contributed by atoms with E-state index in [0.29, 0.717) is 27.8 Å². The van der Waals surface area contributed by atoms with E-state index in [2.05, 4.69) is 10.6 Å². The molecule has 7 nitrogen and oxygen atoms in total. The van der Waals surface area contributed by atoms with Crippen LogP contribution in [0.5, 0.6) is 11.5 Å².